The lowest BCUT2D eigenvalue weighted by Gasteiger charge is -2.08. The van der Waals surface area contributed by atoms with Gasteiger partial charge in [-0.1, -0.05) is 12.1 Å². The van der Waals surface area contributed by atoms with Crippen molar-refractivity contribution in [3.63, 3.8) is 0 Å². The van der Waals surface area contributed by atoms with Crippen LogP contribution < -0.4 is 15.7 Å². The molecule has 0 bridgehead atoms. The molecule has 0 saturated carbocycles. The second-order valence-corrected chi connectivity index (χ2v) is 6.00. The van der Waals surface area contributed by atoms with Crippen LogP contribution in [0.3, 0.4) is 0 Å². The van der Waals surface area contributed by atoms with E-state index < -0.39 is 11.6 Å². The Morgan fingerprint density at radius 1 is 1.07 bits per heavy atom. The smallest absolute Gasteiger partial charge is 0.336 e. The molecule has 0 radical (unpaired) electrons. The Balaban J connectivity index is 1.54. The molecule has 1 amide bonds. The molecule has 148 valence electrons. The number of hydrogen-bond donors (Lipinski definition) is 1. The molecule has 3 aromatic rings. The van der Waals surface area contributed by atoms with Gasteiger partial charge in [-0.3, -0.25) is 4.79 Å². The summed E-state index contributed by atoms with van der Waals surface area (Å²) in [5.74, 6) is -0.328. The molecule has 0 aliphatic rings. The maximum atomic E-state index is 12.1. The van der Waals surface area contributed by atoms with Gasteiger partial charge in [-0.05, 0) is 48.9 Å². The third kappa shape index (κ3) is 5.80. The third-order valence-electron chi connectivity index (χ3n) is 3.86. The summed E-state index contributed by atoms with van der Waals surface area (Å²) in [5, 5.41) is 3.48. The van der Waals surface area contributed by atoms with Gasteiger partial charge in [0.1, 0.15) is 11.3 Å². The average Bonchev–Trinajstić information content (AvgIpc) is 2.71. The summed E-state index contributed by atoms with van der Waals surface area (Å²) in [7, 11) is 0. The number of carbonyl (C=O) groups excluding carboxylic acids is 2. The van der Waals surface area contributed by atoms with Crippen molar-refractivity contribution in [1.29, 1.82) is 0 Å². The van der Waals surface area contributed by atoms with Crippen LogP contribution in [0.1, 0.15) is 12.5 Å². The van der Waals surface area contributed by atoms with Crippen molar-refractivity contribution in [2.75, 3.05) is 18.5 Å². The zero-order chi connectivity index (χ0) is 20.6. The van der Waals surface area contributed by atoms with Gasteiger partial charge < -0.3 is 19.2 Å². The molecule has 1 N–H and O–H groups in total. The Morgan fingerprint density at radius 3 is 2.59 bits per heavy atom. The fraction of sp³-hybridized carbons (Fsp3) is 0.136. The van der Waals surface area contributed by atoms with Gasteiger partial charge in [0, 0.05) is 29.3 Å². The maximum Gasteiger partial charge on any atom is 0.336 e. The van der Waals surface area contributed by atoms with E-state index in [1.807, 2.05) is 0 Å². The second kappa shape index (κ2) is 9.36. The quantitative estimate of drug-likeness (QED) is 0.376. The molecule has 3 rings (SSSR count). The largest absolute Gasteiger partial charge is 0.484 e. The Kier molecular flexibility index (Phi) is 6.42. The van der Waals surface area contributed by atoms with E-state index in [0.29, 0.717) is 23.6 Å². The first-order chi connectivity index (χ1) is 14.0. The molecule has 0 unspecified atom stereocenters. The third-order valence-corrected chi connectivity index (χ3v) is 3.86. The van der Waals surface area contributed by atoms with E-state index in [0.717, 1.165) is 10.9 Å². The number of rotatable bonds is 7. The minimum atomic E-state index is -0.451. The molecule has 0 atom stereocenters. The molecule has 0 spiro atoms. The van der Waals surface area contributed by atoms with Crippen molar-refractivity contribution in [1.82, 2.24) is 0 Å². The number of anilines is 1. The highest BCUT2D eigenvalue weighted by atomic mass is 16.5. The number of esters is 1. The lowest BCUT2D eigenvalue weighted by molar-refractivity contribution is -0.137. The van der Waals surface area contributed by atoms with Gasteiger partial charge in [0.15, 0.2) is 6.61 Å². The summed E-state index contributed by atoms with van der Waals surface area (Å²) in [4.78, 5) is 34.7. The van der Waals surface area contributed by atoms with Crippen molar-refractivity contribution in [3.05, 3.63) is 76.7 Å². The zero-order valence-electron chi connectivity index (χ0n) is 15.7. The van der Waals surface area contributed by atoms with Crippen LogP contribution in [-0.4, -0.2) is 25.1 Å². The molecule has 0 fully saturated rings. The van der Waals surface area contributed by atoms with E-state index in [1.165, 1.54) is 12.1 Å². The van der Waals surface area contributed by atoms with Crippen LogP contribution in [0.2, 0.25) is 0 Å². The fourth-order valence-electron chi connectivity index (χ4n) is 2.51. The fourth-order valence-corrected chi connectivity index (χ4v) is 2.51. The molecule has 29 heavy (non-hydrogen) atoms. The molecule has 1 heterocycles. The van der Waals surface area contributed by atoms with Crippen molar-refractivity contribution in [2.24, 2.45) is 0 Å². The van der Waals surface area contributed by atoms with E-state index in [9.17, 15) is 14.4 Å². The molecular formula is C22H19NO6. The predicted octanol–water partition coefficient (Wildman–Crippen LogP) is 3.39. The van der Waals surface area contributed by atoms with E-state index in [4.69, 9.17) is 13.9 Å². The topological polar surface area (TPSA) is 94.8 Å². The first kappa shape index (κ1) is 19.9. The monoisotopic (exact) mass is 393 g/mol. The molecular weight excluding hydrogens is 374 g/mol. The van der Waals surface area contributed by atoms with Gasteiger partial charge in [0.05, 0.1) is 6.61 Å². The summed E-state index contributed by atoms with van der Waals surface area (Å²) < 4.78 is 15.4. The van der Waals surface area contributed by atoms with Gasteiger partial charge in [-0.15, -0.1) is 0 Å². The summed E-state index contributed by atoms with van der Waals surface area (Å²) in [6, 6.07) is 15.0. The Morgan fingerprint density at radius 2 is 1.83 bits per heavy atom. The van der Waals surface area contributed by atoms with E-state index in [2.05, 4.69) is 5.32 Å². The van der Waals surface area contributed by atoms with Crippen molar-refractivity contribution in [3.8, 4) is 5.75 Å². The van der Waals surface area contributed by atoms with Gasteiger partial charge in [-0.25, -0.2) is 9.59 Å². The number of nitrogens with one attached hydrogen (secondary N) is 1. The Bertz CT molecular complexity index is 1100. The maximum absolute atomic E-state index is 12.1. The van der Waals surface area contributed by atoms with Crippen LogP contribution in [0.4, 0.5) is 5.69 Å². The first-order valence-electron chi connectivity index (χ1n) is 8.95. The molecule has 7 heteroatoms. The van der Waals surface area contributed by atoms with Crippen LogP contribution in [-0.2, 0) is 14.3 Å². The van der Waals surface area contributed by atoms with Crippen LogP contribution in [0.15, 0.2) is 69.9 Å². The number of benzene rings is 2. The summed E-state index contributed by atoms with van der Waals surface area (Å²) in [5.41, 5.74) is 1.33. The highest BCUT2D eigenvalue weighted by molar-refractivity contribution is 5.92. The summed E-state index contributed by atoms with van der Waals surface area (Å²) >= 11 is 0. The molecule has 7 nitrogen and oxygen atoms in total. The second-order valence-electron chi connectivity index (χ2n) is 6.00. The standard InChI is InChI=1S/C22H19NO6/c1-2-27-21(25)11-5-15-3-8-17(9-4-15)23-20(24)14-28-18-10-6-16-7-12-22(26)29-19(16)13-18/h3-13H,2,14H2,1H3,(H,23,24)/b11-5+. The molecule has 0 saturated heterocycles. The Labute approximate surface area is 166 Å². The van der Waals surface area contributed by atoms with Crippen molar-refractivity contribution in [2.45, 2.75) is 6.92 Å². The highest BCUT2D eigenvalue weighted by Gasteiger charge is 2.06. The molecule has 0 aliphatic carbocycles. The van der Waals surface area contributed by atoms with E-state index in [-0.39, 0.29) is 12.5 Å². The lowest BCUT2D eigenvalue weighted by atomic mass is 10.2. The molecule has 1 aromatic heterocycles. The molecule has 0 aliphatic heterocycles. The average molecular weight is 393 g/mol. The normalized spacial score (nSPS) is 10.8. The van der Waals surface area contributed by atoms with Crippen molar-refractivity contribution < 1.29 is 23.5 Å². The van der Waals surface area contributed by atoms with Gasteiger partial charge in [-0.2, -0.15) is 0 Å². The van der Waals surface area contributed by atoms with Crippen LogP contribution >= 0.6 is 0 Å². The number of amides is 1. The zero-order valence-corrected chi connectivity index (χ0v) is 15.7. The number of carbonyl (C=O) groups is 2. The number of fused-ring (bicyclic) bond motifs is 1. The van der Waals surface area contributed by atoms with E-state index in [1.54, 1.807) is 61.5 Å². The first-order valence-corrected chi connectivity index (χ1v) is 8.95. The molecule has 2 aromatic carbocycles. The number of ether oxygens (including phenoxy) is 2. The number of hydrogen-bond acceptors (Lipinski definition) is 6. The lowest BCUT2D eigenvalue weighted by Crippen LogP contribution is -2.20. The highest BCUT2D eigenvalue weighted by Crippen LogP contribution is 2.19. The Hall–Kier alpha value is -3.87. The van der Waals surface area contributed by atoms with E-state index >= 15 is 0 Å². The minimum Gasteiger partial charge on any atom is -0.484 e. The van der Waals surface area contributed by atoms with Gasteiger partial charge in [0.25, 0.3) is 5.91 Å². The minimum absolute atomic E-state index is 0.201. The van der Waals surface area contributed by atoms with Crippen LogP contribution in [0.25, 0.3) is 17.0 Å². The van der Waals surface area contributed by atoms with Crippen LogP contribution in [0.5, 0.6) is 5.75 Å². The van der Waals surface area contributed by atoms with Crippen LogP contribution in [0, 0.1) is 0 Å². The van der Waals surface area contributed by atoms with Gasteiger partial charge in [0.2, 0.25) is 0 Å². The summed E-state index contributed by atoms with van der Waals surface area (Å²) in [6.07, 6.45) is 2.97. The summed E-state index contributed by atoms with van der Waals surface area (Å²) in [6.45, 7) is 1.86. The SMILES string of the molecule is CCOC(=O)/C=C/c1ccc(NC(=O)COc2ccc3ccc(=O)oc3c2)cc1. The predicted molar refractivity (Wildman–Crippen MR) is 109 cm³/mol. The van der Waals surface area contributed by atoms with Crippen molar-refractivity contribution >= 4 is 34.6 Å². The van der Waals surface area contributed by atoms with Gasteiger partial charge >= 0.3 is 11.6 Å².